The van der Waals surface area contributed by atoms with E-state index in [0.29, 0.717) is 23.7 Å². The average molecular weight is 484 g/mol. The molecule has 1 fully saturated rings. The van der Waals surface area contributed by atoms with Crippen molar-refractivity contribution in [2.75, 3.05) is 13.7 Å². The van der Waals surface area contributed by atoms with Gasteiger partial charge in [0.2, 0.25) is 0 Å². The van der Waals surface area contributed by atoms with Gasteiger partial charge in [0.05, 0.1) is 36.9 Å². The number of aliphatic hydroxyl groups is 1. The Kier molecular flexibility index (Phi) is 6.72. The highest BCUT2D eigenvalue weighted by molar-refractivity contribution is 7.09. The van der Waals surface area contributed by atoms with E-state index in [2.05, 4.69) is 0 Å². The molecule has 1 atom stereocenters. The smallest absolute Gasteiger partial charge is 0.295 e. The second-order valence-corrected chi connectivity index (χ2v) is 8.76. The van der Waals surface area contributed by atoms with Crippen molar-refractivity contribution in [3.8, 4) is 11.5 Å². The Labute approximate surface area is 200 Å². The number of carbonyl (C=O) groups is 2. The third-order valence-corrected chi connectivity index (χ3v) is 6.57. The molecule has 1 aliphatic heterocycles. The molecule has 0 bridgehead atoms. The lowest BCUT2D eigenvalue weighted by atomic mass is 9.94. The summed E-state index contributed by atoms with van der Waals surface area (Å²) in [4.78, 5) is 28.8. The van der Waals surface area contributed by atoms with E-state index in [1.54, 1.807) is 42.5 Å². The number of para-hydroxylation sites is 1. The van der Waals surface area contributed by atoms with Crippen LogP contribution >= 0.6 is 22.9 Å². The van der Waals surface area contributed by atoms with E-state index in [4.69, 9.17) is 21.1 Å². The molecule has 0 radical (unpaired) electrons. The molecule has 6 nitrogen and oxygen atoms in total. The number of hydrogen-bond acceptors (Lipinski definition) is 6. The van der Waals surface area contributed by atoms with Crippen LogP contribution in [-0.2, 0) is 16.1 Å². The molecule has 0 aliphatic carbocycles. The number of amides is 1. The number of likely N-dealkylation sites (tertiary alicyclic amines) is 1. The number of Topliss-reactive ketones (excluding diaryl/α,β-unsaturated/α-hetero) is 1. The first kappa shape index (κ1) is 22.9. The first-order valence-corrected chi connectivity index (χ1v) is 11.6. The first-order chi connectivity index (χ1) is 16.0. The van der Waals surface area contributed by atoms with Crippen molar-refractivity contribution >= 4 is 40.4 Å². The molecule has 8 heteroatoms. The molecule has 1 unspecified atom stereocenters. The van der Waals surface area contributed by atoms with Gasteiger partial charge in [-0.25, -0.2) is 0 Å². The van der Waals surface area contributed by atoms with Gasteiger partial charge in [-0.1, -0.05) is 35.9 Å². The van der Waals surface area contributed by atoms with Crippen molar-refractivity contribution in [1.82, 2.24) is 4.90 Å². The monoisotopic (exact) mass is 483 g/mol. The molecule has 1 aliphatic rings. The van der Waals surface area contributed by atoms with E-state index in [-0.39, 0.29) is 28.5 Å². The summed E-state index contributed by atoms with van der Waals surface area (Å²) >= 11 is 7.86. The predicted molar refractivity (Wildman–Crippen MR) is 128 cm³/mol. The summed E-state index contributed by atoms with van der Waals surface area (Å²) in [6.45, 7) is 2.48. The number of ether oxygens (including phenoxy) is 2. The van der Waals surface area contributed by atoms with Crippen LogP contribution in [0.1, 0.15) is 29.0 Å². The number of ketones is 1. The third kappa shape index (κ3) is 4.34. The van der Waals surface area contributed by atoms with Gasteiger partial charge in [-0.2, -0.15) is 0 Å². The van der Waals surface area contributed by atoms with Gasteiger partial charge in [-0.3, -0.25) is 9.59 Å². The molecule has 2 aromatic carbocycles. The number of halogens is 1. The Balaban J connectivity index is 1.92. The summed E-state index contributed by atoms with van der Waals surface area (Å²) in [5.74, 6) is -0.842. The number of thiophene rings is 1. The van der Waals surface area contributed by atoms with Crippen molar-refractivity contribution in [3.63, 3.8) is 0 Å². The highest BCUT2D eigenvalue weighted by Gasteiger charge is 2.47. The molecule has 0 spiro atoms. The lowest BCUT2D eigenvalue weighted by Crippen LogP contribution is -2.29. The minimum Gasteiger partial charge on any atom is -0.507 e. The van der Waals surface area contributed by atoms with Gasteiger partial charge in [0.15, 0.2) is 0 Å². The summed E-state index contributed by atoms with van der Waals surface area (Å²) in [6.07, 6.45) is 0. The van der Waals surface area contributed by atoms with E-state index < -0.39 is 17.7 Å². The Hall–Kier alpha value is -3.29. The van der Waals surface area contributed by atoms with Crippen LogP contribution in [0.15, 0.2) is 65.6 Å². The normalized spacial score (nSPS) is 17.4. The number of carbonyl (C=O) groups excluding carboxylic acids is 2. The van der Waals surface area contributed by atoms with Gasteiger partial charge in [-0.05, 0) is 42.6 Å². The van der Waals surface area contributed by atoms with Crippen LogP contribution in [0.2, 0.25) is 5.02 Å². The Bertz CT molecular complexity index is 1220. The molecular weight excluding hydrogens is 462 g/mol. The maximum Gasteiger partial charge on any atom is 0.295 e. The zero-order valence-electron chi connectivity index (χ0n) is 18.1. The minimum atomic E-state index is -0.852. The Morgan fingerprint density at radius 2 is 1.94 bits per heavy atom. The van der Waals surface area contributed by atoms with Crippen molar-refractivity contribution in [3.05, 3.63) is 86.6 Å². The van der Waals surface area contributed by atoms with Gasteiger partial charge in [0.25, 0.3) is 11.7 Å². The highest BCUT2D eigenvalue weighted by atomic mass is 35.5. The number of benzene rings is 2. The lowest BCUT2D eigenvalue weighted by Gasteiger charge is -2.26. The molecule has 1 saturated heterocycles. The molecule has 1 N–H and O–H groups in total. The van der Waals surface area contributed by atoms with E-state index in [1.807, 2.05) is 24.4 Å². The quantitative estimate of drug-likeness (QED) is 0.275. The van der Waals surface area contributed by atoms with E-state index in [9.17, 15) is 14.7 Å². The van der Waals surface area contributed by atoms with Crippen molar-refractivity contribution in [2.24, 2.45) is 0 Å². The third-order valence-electron chi connectivity index (χ3n) is 5.38. The second kappa shape index (κ2) is 9.68. The molecule has 4 rings (SSSR count). The SMILES string of the molecule is CCOc1ccc(Cl)c(/C(O)=C2\C(=O)C(=O)N(Cc3cccs3)C2c2ccccc2OC)c1. The van der Waals surface area contributed by atoms with Gasteiger partial charge < -0.3 is 19.5 Å². The summed E-state index contributed by atoms with van der Waals surface area (Å²) in [7, 11) is 1.52. The average Bonchev–Trinajstić information content (AvgIpc) is 3.42. The predicted octanol–water partition coefficient (Wildman–Crippen LogP) is 5.43. The zero-order chi connectivity index (χ0) is 23.5. The Morgan fingerprint density at radius 3 is 2.64 bits per heavy atom. The molecule has 2 heterocycles. The number of rotatable bonds is 7. The van der Waals surface area contributed by atoms with E-state index >= 15 is 0 Å². The summed E-state index contributed by atoms with van der Waals surface area (Å²) < 4.78 is 11.1. The minimum absolute atomic E-state index is 0.0448. The molecule has 1 amide bonds. The molecule has 0 saturated carbocycles. The van der Waals surface area contributed by atoms with Crippen LogP contribution in [0.25, 0.3) is 5.76 Å². The van der Waals surface area contributed by atoms with Crippen LogP contribution in [0, 0.1) is 0 Å². The number of hydrogen-bond donors (Lipinski definition) is 1. The largest absolute Gasteiger partial charge is 0.507 e. The summed E-state index contributed by atoms with van der Waals surface area (Å²) in [5.41, 5.74) is 0.766. The number of methoxy groups -OCH3 is 1. The molecule has 170 valence electrons. The standard InChI is InChI=1S/C25H22ClNO5S/c1-3-32-15-10-11-19(26)18(13-15)23(28)21-22(17-8-4-5-9-20(17)31-2)27(25(30)24(21)29)14-16-7-6-12-33-16/h4-13,22,28H,3,14H2,1-2H3/b23-21+. The van der Waals surface area contributed by atoms with Crippen LogP contribution in [0.5, 0.6) is 11.5 Å². The van der Waals surface area contributed by atoms with Crippen LogP contribution in [0.4, 0.5) is 0 Å². The zero-order valence-corrected chi connectivity index (χ0v) is 19.7. The van der Waals surface area contributed by atoms with Gasteiger partial charge in [-0.15, -0.1) is 11.3 Å². The molecule has 3 aromatic rings. The van der Waals surface area contributed by atoms with Gasteiger partial charge in [0, 0.05) is 16.0 Å². The fourth-order valence-corrected chi connectivity index (χ4v) is 4.83. The second-order valence-electron chi connectivity index (χ2n) is 7.32. The van der Waals surface area contributed by atoms with Crippen LogP contribution < -0.4 is 9.47 Å². The lowest BCUT2D eigenvalue weighted by molar-refractivity contribution is -0.140. The molecule has 33 heavy (non-hydrogen) atoms. The highest BCUT2D eigenvalue weighted by Crippen LogP contribution is 2.44. The summed E-state index contributed by atoms with van der Waals surface area (Å²) in [5, 5.41) is 13.5. The van der Waals surface area contributed by atoms with Crippen molar-refractivity contribution < 1.29 is 24.2 Å². The fourth-order valence-electron chi connectivity index (χ4n) is 3.92. The van der Waals surface area contributed by atoms with E-state index in [1.165, 1.54) is 23.3 Å². The van der Waals surface area contributed by atoms with Crippen molar-refractivity contribution in [1.29, 1.82) is 0 Å². The van der Waals surface area contributed by atoms with Crippen LogP contribution in [-0.4, -0.2) is 35.4 Å². The molecular formula is C25H22ClNO5S. The molecule has 1 aromatic heterocycles. The topological polar surface area (TPSA) is 76.1 Å². The number of nitrogens with zero attached hydrogens (tertiary/aromatic N) is 1. The van der Waals surface area contributed by atoms with Gasteiger partial charge in [0.1, 0.15) is 17.3 Å². The first-order valence-electron chi connectivity index (χ1n) is 10.3. The van der Waals surface area contributed by atoms with Crippen LogP contribution in [0.3, 0.4) is 0 Å². The Morgan fingerprint density at radius 1 is 1.15 bits per heavy atom. The number of aliphatic hydroxyl groups excluding tert-OH is 1. The maximum absolute atomic E-state index is 13.2. The maximum atomic E-state index is 13.2. The fraction of sp³-hybridized carbons (Fsp3) is 0.200. The summed E-state index contributed by atoms with van der Waals surface area (Å²) in [6, 6.07) is 14.9. The van der Waals surface area contributed by atoms with E-state index in [0.717, 1.165) is 4.88 Å². The van der Waals surface area contributed by atoms with Gasteiger partial charge >= 0.3 is 0 Å². The van der Waals surface area contributed by atoms with Crippen molar-refractivity contribution in [2.45, 2.75) is 19.5 Å².